The largest absolute Gasteiger partial charge is 0.461 e. The highest BCUT2D eigenvalue weighted by Crippen LogP contribution is 2.20. The van der Waals surface area contributed by atoms with E-state index in [2.05, 4.69) is 9.97 Å². The van der Waals surface area contributed by atoms with E-state index in [-0.39, 0.29) is 11.0 Å². The molecule has 1 atom stereocenters. The van der Waals surface area contributed by atoms with E-state index in [4.69, 9.17) is 4.74 Å². The average Bonchev–Trinajstić information content (AvgIpc) is 2.66. The monoisotopic (exact) mass is 242 g/mol. The van der Waals surface area contributed by atoms with Crippen LogP contribution >= 0.6 is 11.8 Å². The van der Waals surface area contributed by atoms with Gasteiger partial charge in [0.1, 0.15) is 11.5 Å². The van der Waals surface area contributed by atoms with Gasteiger partial charge in [0.25, 0.3) is 0 Å². The molecule has 0 aliphatic rings. The first-order valence-electron chi connectivity index (χ1n) is 4.93. The van der Waals surface area contributed by atoms with Gasteiger partial charge in [-0.15, -0.1) is 0 Å². The Morgan fingerprint density at radius 2 is 2.31 bits per heavy atom. The molecule has 88 valence electrons. The van der Waals surface area contributed by atoms with E-state index in [1.807, 2.05) is 0 Å². The molecule has 1 N–H and O–H groups in total. The number of Topliss-reactive ketones (excluding diaryl/α,β-unsaturated/α-hetero) is 1. The van der Waals surface area contributed by atoms with E-state index >= 15 is 0 Å². The molecule has 1 rings (SSSR count). The van der Waals surface area contributed by atoms with Gasteiger partial charge >= 0.3 is 5.97 Å². The van der Waals surface area contributed by atoms with E-state index in [1.54, 1.807) is 13.8 Å². The Morgan fingerprint density at radius 3 is 2.88 bits per heavy atom. The number of aromatic amines is 1. The summed E-state index contributed by atoms with van der Waals surface area (Å²) >= 11 is 1.28. The molecule has 1 unspecified atom stereocenters. The van der Waals surface area contributed by atoms with Crippen molar-refractivity contribution in [3.63, 3.8) is 0 Å². The molecule has 1 aromatic rings. The fraction of sp³-hybridized carbons (Fsp3) is 0.500. The lowest BCUT2D eigenvalue weighted by atomic mass is 10.3. The summed E-state index contributed by atoms with van der Waals surface area (Å²) in [5.74, 6) is -0.364. The fourth-order valence-electron chi connectivity index (χ4n) is 0.926. The lowest BCUT2D eigenvalue weighted by Gasteiger charge is -2.03. The van der Waals surface area contributed by atoms with Crippen LogP contribution in [0, 0.1) is 0 Å². The van der Waals surface area contributed by atoms with Gasteiger partial charge in [0.05, 0.1) is 18.1 Å². The van der Waals surface area contributed by atoms with Crippen molar-refractivity contribution in [1.29, 1.82) is 0 Å². The number of thioether (sulfide) groups is 1. The third kappa shape index (κ3) is 3.37. The van der Waals surface area contributed by atoms with Crippen LogP contribution in [0.25, 0.3) is 0 Å². The second-order valence-electron chi connectivity index (χ2n) is 3.19. The van der Waals surface area contributed by atoms with Gasteiger partial charge in [-0.3, -0.25) is 4.79 Å². The Bertz CT molecular complexity index is 389. The number of hydrogen-bond donors (Lipinski definition) is 1. The van der Waals surface area contributed by atoms with Crippen molar-refractivity contribution in [2.75, 3.05) is 6.61 Å². The van der Waals surface area contributed by atoms with Gasteiger partial charge < -0.3 is 9.72 Å². The van der Waals surface area contributed by atoms with Crippen LogP contribution in [-0.4, -0.2) is 33.6 Å². The van der Waals surface area contributed by atoms with Crippen molar-refractivity contribution in [2.45, 2.75) is 31.2 Å². The van der Waals surface area contributed by atoms with Crippen LogP contribution in [-0.2, 0) is 9.53 Å². The van der Waals surface area contributed by atoms with Crippen molar-refractivity contribution < 1.29 is 14.3 Å². The van der Waals surface area contributed by atoms with Gasteiger partial charge in [0, 0.05) is 0 Å². The molecule has 0 bridgehead atoms. The molecule has 0 saturated carbocycles. The summed E-state index contributed by atoms with van der Waals surface area (Å²) in [5.41, 5.74) is 0.306. The van der Waals surface area contributed by atoms with E-state index in [0.717, 1.165) is 0 Å². The van der Waals surface area contributed by atoms with Gasteiger partial charge in [0.15, 0.2) is 5.16 Å². The van der Waals surface area contributed by atoms with Gasteiger partial charge in [0.2, 0.25) is 0 Å². The first-order chi connectivity index (χ1) is 7.54. The first-order valence-corrected chi connectivity index (χ1v) is 5.81. The predicted molar refractivity (Wildman–Crippen MR) is 60.5 cm³/mol. The molecule has 0 spiro atoms. The van der Waals surface area contributed by atoms with Crippen LogP contribution in [0.2, 0.25) is 0 Å². The number of rotatable bonds is 5. The minimum absolute atomic E-state index is 0.0686. The number of esters is 1. The van der Waals surface area contributed by atoms with Crippen molar-refractivity contribution >= 4 is 23.5 Å². The molecule has 6 heteroatoms. The number of ether oxygens (including phenoxy) is 1. The zero-order chi connectivity index (χ0) is 12.1. The second-order valence-corrected chi connectivity index (χ2v) is 4.52. The first kappa shape index (κ1) is 12.8. The lowest BCUT2D eigenvalue weighted by molar-refractivity contribution is -0.116. The van der Waals surface area contributed by atoms with Crippen molar-refractivity contribution in [3.05, 3.63) is 11.9 Å². The van der Waals surface area contributed by atoms with Crippen LogP contribution in [0.1, 0.15) is 31.3 Å². The van der Waals surface area contributed by atoms with Gasteiger partial charge in [-0.1, -0.05) is 11.8 Å². The SMILES string of the molecule is CCOC(=O)c1cnc(SC(C)C(C)=O)[nH]1. The number of aromatic nitrogens is 2. The highest BCUT2D eigenvalue weighted by molar-refractivity contribution is 8.00. The number of carbonyl (C=O) groups is 2. The maximum atomic E-state index is 11.3. The molecule has 5 nitrogen and oxygen atoms in total. The number of hydrogen-bond acceptors (Lipinski definition) is 5. The zero-order valence-corrected chi connectivity index (χ0v) is 10.3. The van der Waals surface area contributed by atoms with Gasteiger partial charge in [-0.05, 0) is 20.8 Å². The summed E-state index contributed by atoms with van der Waals surface area (Å²) < 4.78 is 4.81. The maximum Gasteiger partial charge on any atom is 0.356 e. The second kappa shape index (κ2) is 5.69. The lowest BCUT2D eigenvalue weighted by Crippen LogP contribution is -2.08. The maximum absolute atomic E-state index is 11.3. The molecular formula is C10H14N2O3S. The van der Waals surface area contributed by atoms with Gasteiger partial charge in [-0.2, -0.15) is 0 Å². The summed E-state index contributed by atoms with van der Waals surface area (Å²) in [6.07, 6.45) is 1.41. The number of H-pyrrole nitrogens is 1. The summed E-state index contributed by atoms with van der Waals surface area (Å²) in [7, 11) is 0. The Kier molecular flexibility index (Phi) is 4.54. The number of carbonyl (C=O) groups excluding carboxylic acids is 2. The molecule has 0 radical (unpaired) electrons. The van der Waals surface area contributed by atoms with Crippen molar-refractivity contribution in [2.24, 2.45) is 0 Å². The molecule has 0 saturated heterocycles. The Morgan fingerprint density at radius 1 is 1.62 bits per heavy atom. The molecular weight excluding hydrogens is 228 g/mol. The number of imidazole rings is 1. The van der Waals surface area contributed by atoms with Gasteiger partial charge in [-0.25, -0.2) is 9.78 Å². The fourth-order valence-corrected chi connectivity index (χ4v) is 1.71. The van der Waals surface area contributed by atoms with Crippen LogP contribution in [0.5, 0.6) is 0 Å². The topological polar surface area (TPSA) is 72.0 Å². The smallest absolute Gasteiger partial charge is 0.356 e. The number of nitrogens with zero attached hydrogens (tertiary/aromatic N) is 1. The molecule has 0 fully saturated rings. The normalized spacial score (nSPS) is 12.2. The summed E-state index contributed by atoms with van der Waals surface area (Å²) in [5, 5.41) is 0.368. The van der Waals surface area contributed by atoms with Crippen molar-refractivity contribution in [1.82, 2.24) is 9.97 Å². The van der Waals surface area contributed by atoms with Crippen LogP contribution in [0.4, 0.5) is 0 Å². The Hall–Kier alpha value is -1.30. The summed E-state index contributed by atoms with van der Waals surface area (Å²) in [4.78, 5) is 29.1. The highest BCUT2D eigenvalue weighted by Gasteiger charge is 2.14. The molecule has 16 heavy (non-hydrogen) atoms. The number of ketones is 1. The molecule has 1 heterocycles. The standard InChI is InChI=1S/C10H14N2O3S/c1-4-15-9(14)8-5-11-10(12-8)16-7(3)6(2)13/h5,7H,4H2,1-3H3,(H,11,12). The van der Waals surface area contributed by atoms with Crippen molar-refractivity contribution in [3.8, 4) is 0 Å². The molecule has 0 amide bonds. The van der Waals surface area contributed by atoms with E-state index in [1.165, 1.54) is 24.9 Å². The Balaban J connectivity index is 2.64. The van der Waals surface area contributed by atoms with Crippen LogP contribution < -0.4 is 0 Å². The third-order valence-electron chi connectivity index (χ3n) is 1.91. The Labute approximate surface area is 98.0 Å². The van der Waals surface area contributed by atoms with Crippen LogP contribution in [0.15, 0.2) is 11.4 Å². The predicted octanol–water partition coefficient (Wildman–Crippen LogP) is 1.66. The highest BCUT2D eigenvalue weighted by atomic mass is 32.2. The molecule has 0 aliphatic carbocycles. The third-order valence-corrected chi connectivity index (χ3v) is 3.02. The van der Waals surface area contributed by atoms with Crippen LogP contribution in [0.3, 0.4) is 0 Å². The average molecular weight is 242 g/mol. The summed E-state index contributed by atoms with van der Waals surface area (Å²) in [6.45, 7) is 5.37. The van der Waals surface area contributed by atoms with E-state index in [9.17, 15) is 9.59 Å². The number of nitrogens with one attached hydrogen (secondary N) is 1. The van der Waals surface area contributed by atoms with E-state index in [0.29, 0.717) is 17.5 Å². The zero-order valence-electron chi connectivity index (χ0n) is 9.44. The molecule has 0 aliphatic heterocycles. The summed E-state index contributed by atoms with van der Waals surface area (Å²) in [6, 6.07) is 0. The van der Waals surface area contributed by atoms with E-state index < -0.39 is 5.97 Å². The minimum atomic E-state index is -0.433. The molecule has 0 aromatic carbocycles. The minimum Gasteiger partial charge on any atom is -0.461 e. The molecule has 1 aromatic heterocycles. The quantitative estimate of drug-likeness (QED) is 0.628.